The summed E-state index contributed by atoms with van der Waals surface area (Å²) < 4.78 is 15.9. The smallest absolute Gasteiger partial charge is 0.166 e. The molecule has 0 saturated carbocycles. The molecule has 0 N–H and O–H groups in total. The van der Waals surface area contributed by atoms with E-state index >= 15 is 0 Å². The monoisotopic (exact) mass is 367 g/mol. The number of anilines is 1. The molecule has 1 aromatic heterocycles. The Balaban J connectivity index is 1.58. The van der Waals surface area contributed by atoms with Gasteiger partial charge in [0.25, 0.3) is 0 Å². The van der Waals surface area contributed by atoms with Gasteiger partial charge in [0.05, 0.1) is 11.0 Å². The Kier molecular flexibility index (Phi) is 3.74. The summed E-state index contributed by atoms with van der Waals surface area (Å²) in [4.78, 5) is 19.2. The third kappa shape index (κ3) is 2.51. The second-order valence-electron chi connectivity index (χ2n) is 6.73. The highest BCUT2D eigenvalue weighted by molar-refractivity contribution is 7.99. The molecule has 1 fully saturated rings. The Labute approximate surface area is 155 Å². The standard InChI is InChI=1S/C20H18FN3OS/c21-14-11-16-18(25)5-6-24-19(16)17(12-14)22-20(24)13-1-3-15(4-2-13)23-7-9-26-10-8-23/h1-4,11-12H,5-10H2. The number of carbonyl (C=O) groups is 1. The molecular weight excluding hydrogens is 349 g/mol. The van der Waals surface area contributed by atoms with Crippen molar-refractivity contribution in [2.75, 3.05) is 29.5 Å². The lowest BCUT2D eigenvalue weighted by molar-refractivity contribution is 0.0973. The molecular formula is C20H18FN3OS. The molecule has 2 aromatic carbocycles. The number of benzene rings is 2. The van der Waals surface area contributed by atoms with Crippen molar-refractivity contribution in [2.24, 2.45) is 0 Å². The van der Waals surface area contributed by atoms with Gasteiger partial charge < -0.3 is 9.47 Å². The Morgan fingerprint density at radius 1 is 1.04 bits per heavy atom. The first kappa shape index (κ1) is 15.9. The molecule has 0 atom stereocenters. The maximum Gasteiger partial charge on any atom is 0.166 e. The number of carbonyl (C=O) groups excluding carboxylic acids is 1. The molecule has 6 heteroatoms. The third-order valence-corrected chi connectivity index (χ3v) is 6.11. The molecule has 0 bridgehead atoms. The number of hydrogen-bond donors (Lipinski definition) is 0. The number of rotatable bonds is 2. The van der Waals surface area contributed by atoms with Crippen molar-refractivity contribution in [1.29, 1.82) is 0 Å². The first-order valence-corrected chi connectivity index (χ1v) is 10.0. The molecule has 0 amide bonds. The fourth-order valence-electron chi connectivity index (χ4n) is 3.88. The van der Waals surface area contributed by atoms with Crippen LogP contribution in [0.25, 0.3) is 22.4 Å². The molecule has 5 rings (SSSR count). The second kappa shape index (κ2) is 6.13. The number of aryl methyl sites for hydroxylation is 1. The highest BCUT2D eigenvalue weighted by atomic mass is 32.2. The Bertz CT molecular complexity index is 1010. The van der Waals surface area contributed by atoms with Crippen LogP contribution in [0, 0.1) is 5.82 Å². The van der Waals surface area contributed by atoms with Crippen molar-refractivity contribution in [2.45, 2.75) is 13.0 Å². The summed E-state index contributed by atoms with van der Waals surface area (Å²) in [5, 5.41) is 0. The van der Waals surface area contributed by atoms with E-state index in [-0.39, 0.29) is 5.78 Å². The number of nitrogens with zero attached hydrogens (tertiary/aromatic N) is 3. The summed E-state index contributed by atoms with van der Waals surface area (Å²) in [6, 6.07) is 11.2. The summed E-state index contributed by atoms with van der Waals surface area (Å²) in [6.45, 7) is 2.74. The van der Waals surface area contributed by atoms with E-state index in [1.807, 2.05) is 11.8 Å². The molecule has 4 nitrogen and oxygen atoms in total. The molecule has 0 radical (unpaired) electrons. The predicted molar refractivity (Wildman–Crippen MR) is 104 cm³/mol. The Morgan fingerprint density at radius 3 is 2.58 bits per heavy atom. The van der Waals surface area contributed by atoms with Crippen LogP contribution in [-0.4, -0.2) is 39.9 Å². The Hall–Kier alpha value is -2.34. The van der Waals surface area contributed by atoms with Crippen LogP contribution in [-0.2, 0) is 6.54 Å². The molecule has 3 heterocycles. The number of aromatic nitrogens is 2. The molecule has 132 valence electrons. The van der Waals surface area contributed by atoms with Crippen LogP contribution in [0.4, 0.5) is 10.1 Å². The molecule has 0 aliphatic carbocycles. The summed E-state index contributed by atoms with van der Waals surface area (Å²) in [5.41, 5.74) is 3.99. The van der Waals surface area contributed by atoms with Crippen molar-refractivity contribution in [1.82, 2.24) is 9.55 Å². The average molecular weight is 367 g/mol. The van der Waals surface area contributed by atoms with Crippen LogP contribution < -0.4 is 4.90 Å². The number of halogens is 1. The van der Waals surface area contributed by atoms with Gasteiger partial charge in [-0.25, -0.2) is 9.37 Å². The number of hydrogen-bond acceptors (Lipinski definition) is 4. The van der Waals surface area contributed by atoms with Gasteiger partial charge in [0.1, 0.15) is 11.6 Å². The number of Topliss-reactive ketones (excluding diaryl/α,β-unsaturated/α-hetero) is 1. The molecule has 26 heavy (non-hydrogen) atoms. The van der Waals surface area contributed by atoms with Crippen molar-refractivity contribution in [3.05, 3.63) is 47.8 Å². The van der Waals surface area contributed by atoms with Crippen LogP contribution >= 0.6 is 11.8 Å². The van der Waals surface area contributed by atoms with E-state index < -0.39 is 5.82 Å². The number of thioether (sulfide) groups is 1. The quantitative estimate of drug-likeness (QED) is 0.687. The van der Waals surface area contributed by atoms with Gasteiger partial charge in [-0.2, -0.15) is 11.8 Å². The topological polar surface area (TPSA) is 38.1 Å². The van der Waals surface area contributed by atoms with Crippen LogP contribution in [0.3, 0.4) is 0 Å². The Morgan fingerprint density at radius 2 is 1.81 bits per heavy atom. The summed E-state index contributed by atoms with van der Waals surface area (Å²) >= 11 is 2.00. The van der Waals surface area contributed by atoms with Gasteiger partial charge in [0, 0.05) is 60.4 Å². The highest BCUT2D eigenvalue weighted by Crippen LogP contribution is 2.33. The molecule has 3 aromatic rings. The zero-order valence-corrected chi connectivity index (χ0v) is 15.1. The van der Waals surface area contributed by atoms with Crippen LogP contribution in [0.2, 0.25) is 0 Å². The van der Waals surface area contributed by atoms with Crippen molar-refractivity contribution >= 4 is 34.3 Å². The maximum atomic E-state index is 13.9. The van der Waals surface area contributed by atoms with Crippen LogP contribution in [0.5, 0.6) is 0 Å². The lowest BCUT2D eigenvalue weighted by Gasteiger charge is -2.28. The second-order valence-corrected chi connectivity index (χ2v) is 7.95. The molecule has 2 aliphatic rings. The van der Waals surface area contributed by atoms with Gasteiger partial charge in [-0.15, -0.1) is 0 Å². The van der Waals surface area contributed by atoms with Crippen LogP contribution in [0.1, 0.15) is 16.8 Å². The fourth-order valence-corrected chi connectivity index (χ4v) is 4.78. The summed E-state index contributed by atoms with van der Waals surface area (Å²) in [5.74, 6) is 2.73. The average Bonchev–Trinajstić information content (AvgIpc) is 3.04. The number of imidazole rings is 1. The van der Waals surface area contributed by atoms with E-state index in [9.17, 15) is 9.18 Å². The first-order chi connectivity index (χ1) is 12.7. The van der Waals surface area contributed by atoms with E-state index in [0.29, 0.717) is 24.0 Å². The van der Waals surface area contributed by atoms with Crippen molar-refractivity contribution < 1.29 is 9.18 Å². The van der Waals surface area contributed by atoms with Crippen molar-refractivity contribution in [3.63, 3.8) is 0 Å². The lowest BCUT2D eigenvalue weighted by atomic mass is 10.0. The largest absolute Gasteiger partial charge is 0.370 e. The van der Waals surface area contributed by atoms with E-state index in [4.69, 9.17) is 0 Å². The summed E-state index contributed by atoms with van der Waals surface area (Å²) in [7, 11) is 0. The van der Waals surface area contributed by atoms with Gasteiger partial charge in [-0.05, 0) is 30.3 Å². The van der Waals surface area contributed by atoms with Crippen molar-refractivity contribution in [3.8, 4) is 11.4 Å². The molecule has 0 unspecified atom stereocenters. The van der Waals surface area contributed by atoms with E-state index in [1.165, 1.54) is 29.3 Å². The van der Waals surface area contributed by atoms with Gasteiger partial charge in [-0.1, -0.05) is 0 Å². The van der Waals surface area contributed by atoms with Gasteiger partial charge in [0.15, 0.2) is 5.78 Å². The van der Waals surface area contributed by atoms with E-state index in [1.54, 1.807) is 0 Å². The zero-order valence-electron chi connectivity index (χ0n) is 14.2. The predicted octanol–water partition coefficient (Wildman–Crippen LogP) is 3.98. The maximum absolute atomic E-state index is 13.9. The SMILES string of the molecule is O=C1CCn2c(-c3ccc(N4CCSCC4)cc3)nc3cc(F)cc1c32. The minimum Gasteiger partial charge on any atom is -0.370 e. The zero-order chi connectivity index (χ0) is 17.7. The molecule has 2 aliphatic heterocycles. The normalized spacial score (nSPS) is 17.1. The lowest BCUT2D eigenvalue weighted by Crippen LogP contribution is -2.32. The summed E-state index contributed by atoms with van der Waals surface area (Å²) in [6.07, 6.45) is 0.387. The van der Waals surface area contributed by atoms with E-state index in [2.05, 4.69) is 38.7 Å². The number of ketones is 1. The fraction of sp³-hybridized carbons (Fsp3) is 0.300. The molecule has 0 spiro atoms. The molecule has 1 saturated heterocycles. The van der Waals surface area contributed by atoms with Gasteiger partial charge in [0.2, 0.25) is 0 Å². The minimum atomic E-state index is -0.405. The minimum absolute atomic E-state index is 0.00762. The highest BCUT2D eigenvalue weighted by Gasteiger charge is 2.25. The third-order valence-electron chi connectivity index (χ3n) is 5.17. The van der Waals surface area contributed by atoms with E-state index in [0.717, 1.165) is 30.0 Å². The van der Waals surface area contributed by atoms with Gasteiger partial charge in [-0.3, -0.25) is 4.79 Å². The first-order valence-electron chi connectivity index (χ1n) is 8.87. The van der Waals surface area contributed by atoms with Gasteiger partial charge >= 0.3 is 0 Å². The van der Waals surface area contributed by atoms with Crippen LogP contribution in [0.15, 0.2) is 36.4 Å².